The third-order valence-corrected chi connectivity index (χ3v) is 8.38. The average molecular weight is 549 g/mol. The van der Waals surface area contributed by atoms with Gasteiger partial charge in [0.25, 0.3) is 5.91 Å². The highest BCUT2D eigenvalue weighted by molar-refractivity contribution is 7.89. The van der Waals surface area contributed by atoms with Crippen LogP contribution in [-0.4, -0.2) is 53.9 Å². The van der Waals surface area contributed by atoms with Gasteiger partial charge in [-0.1, -0.05) is 6.07 Å². The van der Waals surface area contributed by atoms with E-state index in [4.69, 9.17) is 4.84 Å². The number of carbonyl (C=O) groups is 1. The van der Waals surface area contributed by atoms with E-state index in [1.807, 2.05) is 6.07 Å². The molecule has 1 aliphatic rings. The number of pyridine rings is 1. The number of benzene rings is 2. The largest absolute Gasteiger partial charge is 0.324 e. The maximum Gasteiger partial charge on any atom is 0.280 e. The zero-order chi connectivity index (χ0) is 27.7. The number of aryl methyl sites for hydroxylation is 2. The molecule has 0 saturated heterocycles. The number of hydrogen-bond acceptors (Lipinski definition) is 8. The summed E-state index contributed by atoms with van der Waals surface area (Å²) in [6.45, 7) is 1.97. The number of nitrogens with one attached hydrogen (secondary N) is 2. The number of hydroxylamine groups is 1. The van der Waals surface area contributed by atoms with Gasteiger partial charge in [-0.2, -0.15) is 4.98 Å². The van der Waals surface area contributed by atoms with Gasteiger partial charge in [-0.25, -0.2) is 23.2 Å². The van der Waals surface area contributed by atoms with E-state index in [1.54, 1.807) is 23.6 Å². The number of aromatic nitrogens is 3. The standard InChI is InChI=1S/C27H28N6O5S/c1-4-38-31-26(35)23-16-33(20-11-8-17-6-5-7-18(17)14-20)25-22(24(23)34)15-28-27(30-25)29-19-9-12-21(13-10-19)39(36,37)32(2)3/h8-16H,4-7H2,1-3H3,(H,31,35)(H,28,29,30). The molecule has 0 saturated carbocycles. The van der Waals surface area contributed by atoms with Gasteiger partial charge < -0.3 is 9.88 Å². The first kappa shape index (κ1) is 26.5. The molecule has 2 aromatic heterocycles. The predicted octanol–water partition coefficient (Wildman–Crippen LogP) is 2.94. The summed E-state index contributed by atoms with van der Waals surface area (Å²) in [5.74, 6) is -0.458. The number of carbonyl (C=O) groups excluding carboxylic acids is 1. The summed E-state index contributed by atoms with van der Waals surface area (Å²) in [5.41, 5.74) is 5.81. The van der Waals surface area contributed by atoms with Gasteiger partial charge in [-0.15, -0.1) is 0 Å². The van der Waals surface area contributed by atoms with Crippen LogP contribution in [0.15, 0.2) is 64.5 Å². The van der Waals surface area contributed by atoms with Gasteiger partial charge in [0.05, 0.1) is 16.9 Å². The van der Waals surface area contributed by atoms with Gasteiger partial charge in [0, 0.05) is 37.9 Å². The average Bonchev–Trinajstić information content (AvgIpc) is 3.40. The van der Waals surface area contributed by atoms with Crippen LogP contribution in [0.2, 0.25) is 0 Å². The fourth-order valence-corrected chi connectivity index (χ4v) is 5.38. The maximum atomic E-state index is 13.3. The van der Waals surface area contributed by atoms with Crippen molar-refractivity contribution < 1.29 is 18.0 Å². The second-order valence-corrected chi connectivity index (χ2v) is 11.4. The summed E-state index contributed by atoms with van der Waals surface area (Å²) in [6.07, 6.45) is 5.90. The molecule has 1 amide bonds. The van der Waals surface area contributed by atoms with Crippen molar-refractivity contribution in [1.82, 2.24) is 24.3 Å². The van der Waals surface area contributed by atoms with Gasteiger partial charge in [0.15, 0.2) is 5.65 Å². The van der Waals surface area contributed by atoms with Crippen LogP contribution in [0.25, 0.3) is 16.7 Å². The van der Waals surface area contributed by atoms with Crippen molar-refractivity contribution in [2.24, 2.45) is 0 Å². The van der Waals surface area contributed by atoms with E-state index in [9.17, 15) is 18.0 Å². The van der Waals surface area contributed by atoms with Gasteiger partial charge in [-0.3, -0.25) is 14.4 Å². The highest BCUT2D eigenvalue weighted by atomic mass is 32.2. The molecule has 12 heteroatoms. The first-order valence-corrected chi connectivity index (χ1v) is 13.9. The molecular weight excluding hydrogens is 520 g/mol. The van der Waals surface area contributed by atoms with E-state index < -0.39 is 21.4 Å². The molecule has 1 aliphatic carbocycles. The van der Waals surface area contributed by atoms with E-state index >= 15 is 0 Å². The first-order chi connectivity index (χ1) is 18.7. The summed E-state index contributed by atoms with van der Waals surface area (Å²) in [5, 5.41) is 3.23. The van der Waals surface area contributed by atoms with Crippen LogP contribution in [0.1, 0.15) is 34.8 Å². The minimum absolute atomic E-state index is 0.0987. The quantitative estimate of drug-likeness (QED) is 0.321. The molecule has 0 atom stereocenters. The van der Waals surface area contributed by atoms with Crippen LogP contribution in [-0.2, 0) is 27.7 Å². The van der Waals surface area contributed by atoms with Crippen LogP contribution in [0.3, 0.4) is 0 Å². The van der Waals surface area contributed by atoms with Gasteiger partial charge in [0.2, 0.25) is 21.4 Å². The predicted molar refractivity (Wildman–Crippen MR) is 147 cm³/mol. The Hall–Kier alpha value is -4.13. The smallest absolute Gasteiger partial charge is 0.280 e. The van der Waals surface area contributed by atoms with Crippen LogP contribution >= 0.6 is 0 Å². The molecule has 0 aliphatic heterocycles. The fourth-order valence-electron chi connectivity index (χ4n) is 4.48. The lowest BCUT2D eigenvalue weighted by molar-refractivity contribution is 0.0363. The Morgan fingerprint density at radius 3 is 2.56 bits per heavy atom. The molecule has 4 aromatic rings. The summed E-state index contributed by atoms with van der Waals surface area (Å²) >= 11 is 0. The van der Waals surface area contributed by atoms with Crippen molar-refractivity contribution in [3.8, 4) is 5.69 Å². The molecule has 39 heavy (non-hydrogen) atoms. The molecule has 5 rings (SSSR count). The zero-order valence-electron chi connectivity index (χ0n) is 21.8. The Morgan fingerprint density at radius 2 is 1.85 bits per heavy atom. The highest BCUT2D eigenvalue weighted by Crippen LogP contribution is 2.26. The van der Waals surface area contributed by atoms with Crippen LogP contribution < -0.4 is 16.2 Å². The molecule has 0 radical (unpaired) electrons. The number of nitrogens with zero attached hydrogens (tertiary/aromatic N) is 4. The molecule has 0 fully saturated rings. The lowest BCUT2D eigenvalue weighted by atomic mass is 10.1. The Labute approximate surface area is 225 Å². The Bertz CT molecular complexity index is 1730. The Balaban J connectivity index is 1.58. The topological polar surface area (TPSA) is 136 Å². The zero-order valence-corrected chi connectivity index (χ0v) is 22.6. The molecule has 2 heterocycles. The number of sulfonamides is 1. The van der Waals surface area contributed by atoms with Crippen molar-refractivity contribution in [2.75, 3.05) is 26.0 Å². The summed E-state index contributed by atoms with van der Waals surface area (Å²) < 4.78 is 27.6. The summed E-state index contributed by atoms with van der Waals surface area (Å²) in [7, 11) is -0.625. The van der Waals surface area contributed by atoms with Crippen molar-refractivity contribution >= 4 is 38.6 Å². The number of anilines is 2. The molecule has 0 unspecified atom stereocenters. The lowest BCUT2D eigenvalue weighted by Gasteiger charge is -2.15. The Morgan fingerprint density at radius 1 is 1.10 bits per heavy atom. The van der Waals surface area contributed by atoms with Crippen molar-refractivity contribution in [2.45, 2.75) is 31.1 Å². The van der Waals surface area contributed by atoms with Gasteiger partial charge >= 0.3 is 0 Å². The fraction of sp³-hybridized carbons (Fsp3) is 0.259. The number of hydrogen-bond donors (Lipinski definition) is 2. The molecule has 0 spiro atoms. The molecule has 2 N–H and O–H groups in total. The third-order valence-electron chi connectivity index (χ3n) is 6.55. The van der Waals surface area contributed by atoms with Crippen LogP contribution in [0, 0.1) is 0 Å². The van der Waals surface area contributed by atoms with Gasteiger partial charge in [-0.05, 0) is 73.7 Å². The maximum absolute atomic E-state index is 13.3. The van der Waals surface area contributed by atoms with E-state index in [2.05, 4.69) is 32.9 Å². The Kier molecular flexibility index (Phi) is 7.17. The molecule has 202 valence electrons. The van der Waals surface area contributed by atoms with Crippen molar-refractivity contribution in [3.63, 3.8) is 0 Å². The number of rotatable bonds is 8. The SMILES string of the molecule is CCONC(=O)c1cn(-c2ccc3c(c2)CCC3)c2nc(Nc3ccc(S(=O)(=O)N(C)C)cc3)ncc2c1=O. The minimum Gasteiger partial charge on any atom is -0.324 e. The number of fused-ring (bicyclic) bond motifs is 2. The summed E-state index contributed by atoms with van der Waals surface area (Å²) in [6, 6.07) is 12.3. The van der Waals surface area contributed by atoms with E-state index in [-0.39, 0.29) is 28.4 Å². The summed E-state index contributed by atoms with van der Waals surface area (Å²) in [4.78, 5) is 40.1. The second-order valence-electron chi connectivity index (χ2n) is 9.28. The molecule has 11 nitrogen and oxygen atoms in total. The number of amides is 1. The highest BCUT2D eigenvalue weighted by Gasteiger charge is 2.20. The monoisotopic (exact) mass is 548 g/mol. The van der Waals surface area contributed by atoms with Gasteiger partial charge in [0.1, 0.15) is 5.56 Å². The minimum atomic E-state index is -3.56. The molecule has 2 aromatic carbocycles. The van der Waals surface area contributed by atoms with Crippen LogP contribution in [0.4, 0.5) is 11.6 Å². The van der Waals surface area contributed by atoms with Crippen molar-refractivity contribution in [1.29, 1.82) is 0 Å². The first-order valence-electron chi connectivity index (χ1n) is 12.5. The van der Waals surface area contributed by atoms with Crippen LogP contribution in [0.5, 0.6) is 0 Å². The van der Waals surface area contributed by atoms with Crippen molar-refractivity contribution in [3.05, 3.63) is 81.8 Å². The van der Waals surface area contributed by atoms with E-state index in [0.29, 0.717) is 11.3 Å². The lowest BCUT2D eigenvalue weighted by Crippen LogP contribution is -2.30. The molecule has 0 bridgehead atoms. The third kappa shape index (κ3) is 5.13. The second kappa shape index (κ2) is 10.6. The van der Waals surface area contributed by atoms with E-state index in [1.165, 1.54) is 49.7 Å². The van der Waals surface area contributed by atoms with E-state index in [0.717, 1.165) is 29.3 Å². The molecular formula is C27H28N6O5S. The normalized spacial score (nSPS) is 13.0.